The second-order valence-electron chi connectivity index (χ2n) is 5.52. The van der Waals surface area contributed by atoms with Crippen LogP contribution >= 0.6 is 0 Å². The Morgan fingerprint density at radius 2 is 1.67 bits per heavy atom. The molecule has 0 amide bonds. The molecule has 1 aromatic carbocycles. The summed E-state index contributed by atoms with van der Waals surface area (Å²) >= 11 is 0. The maximum Gasteiger partial charge on any atom is 0.313 e. The molecular formula is C15H21NO2. The third-order valence-corrected chi connectivity index (χ3v) is 3.84. The van der Waals surface area contributed by atoms with Crippen molar-refractivity contribution in [3.05, 3.63) is 29.8 Å². The van der Waals surface area contributed by atoms with Crippen LogP contribution in [-0.4, -0.2) is 24.2 Å². The average molecular weight is 247 g/mol. The zero-order chi connectivity index (χ0) is 13.2. The Labute approximate surface area is 108 Å². The number of benzene rings is 1. The summed E-state index contributed by atoms with van der Waals surface area (Å²) in [6.07, 6.45) is 3.82. The maximum atomic E-state index is 11.2. The zero-order valence-corrected chi connectivity index (χ0v) is 11.1. The molecule has 0 spiro atoms. The highest BCUT2D eigenvalue weighted by atomic mass is 16.4. The highest BCUT2D eigenvalue weighted by Crippen LogP contribution is 2.27. The van der Waals surface area contributed by atoms with Gasteiger partial charge in [-0.15, -0.1) is 0 Å². The van der Waals surface area contributed by atoms with Gasteiger partial charge < -0.3 is 10.0 Å². The molecule has 3 heteroatoms. The van der Waals surface area contributed by atoms with Crippen LogP contribution in [0, 0.1) is 0 Å². The van der Waals surface area contributed by atoms with Crippen LogP contribution in [0.1, 0.15) is 38.7 Å². The van der Waals surface area contributed by atoms with Crippen molar-refractivity contribution in [1.82, 2.24) is 0 Å². The van der Waals surface area contributed by atoms with E-state index in [9.17, 15) is 9.90 Å². The predicted molar refractivity (Wildman–Crippen MR) is 73.2 cm³/mol. The molecule has 1 aromatic rings. The first-order valence-corrected chi connectivity index (χ1v) is 6.61. The Hall–Kier alpha value is -1.51. The topological polar surface area (TPSA) is 40.5 Å². The van der Waals surface area contributed by atoms with Crippen LogP contribution in [0.2, 0.25) is 0 Å². The molecule has 1 N–H and O–H groups in total. The Morgan fingerprint density at radius 1 is 1.11 bits per heavy atom. The predicted octanol–water partition coefficient (Wildman–Crippen LogP) is 3.04. The molecule has 2 rings (SSSR count). The van der Waals surface area contributed by atoms with Gasteiger partial charge in [-0.25, -0.2) is 0 Å². The van der Waals surface area contributed by atoms with Crippen LogP contribution in [0.5, 0.6) is 0 Å². The molecule has 0 aliphatic carbocycles. The highest BCUT2D eigenvalue weighted by molar-refractivity contribution is 5.80. The van der Waals surface area contributed by atoms with Gasteiger partial charge in [0.25, 0.3) is 0 Å². The van der Waals surface area contributed by atoms with Crippen molar-refractivity contribution in [2.75, 3.05) is 18.0 Å². The minimum atomic E-state index is -0.819. The number of anilines is 1. The summed E-state index contributed by atoms with van der Waals surface area (Å²) in [7, 11) is 0. The maximum absolute atomic E-state index is 11.2. The van der Waals surface area contributed by atoms with Gasteiger partial charge in [0.05, 0.1) is 5.41 Å². The van der Waals surface area contributed by atoms with E-state index < -0.39 is 11.4 Å². The summed E-state index contributed by atoms with van der Waals surface area (Å²) < 4.78 is 0. The van der Waals surface area contributed by atoms with E-state index >= 15 is 0 Å². The number of hydrogen-bond donors (Lipinski definition) is 1. The molecule has 1 aliphatic rings. The number of carboxylic acid groups (broad SMARTS) is 1. The minimum absolute atomic E-state index is 0.784. The molecule has 1 fully saturated rings. The van der Waals surface area contributed by atoms with Crippen molar-refractivity contribution in [2.24, 2.45) is 0 Å². The molecule has 0 aromatic heterocycles. The largest absolute Gasteiger partial charge is 0.481 e. The molecule has 1 aliphatic heterocycles. The average Bonchev–Trinajstić information content (AvgIpc) is 2.40. The van der Waals surface area contributed by atoms with Gasteiger partial charge >= 0.3 is 5.97 Å². The van der Waals surface area contributed by atoms with Crippen LogP contribution < -0.4 is 4.90 Å². The standard InChI is InChI=1S/C15H21NO2/c1-15(2,14(17)18)12-6-8-13(9-7-12)16-10-4-3-5-11-16/h6-9H,3-5,10-11H2,1-2H3,(H,17,18). The van der Waals surface area contributed by atoms with Crippen LogP contribution in [0.3, 0.4) is 0 Å². The van der Waals surface area contributed by atoms with Crippen LogP contribution in [-0.2, 0) is 10.2 Å². The Balaban J connectivity index is 2.17. The quantitative estimate of drug-likeness (QED) is 0.892. The lowest BCUT2D eigenvalue weighted by atomic mass is 9.85. The second kappa shape index (κ2) is 5.01. The van der Waals surface area contributed by atoms with Crippen molar-refractivity contribution in [3.63, 3.8) is 0 Å². The van der Waals surface area contributed by atoms with Crippen molar-refractivity contribution in [3.8, 4) is 0 Å². The van der Waals surface area contributed by atoms with E-state index in [1.165, 1.54) is 24.9 Å². The third-order valence-electron chi connectivity index (χ3n) is 3.84. The molecule has 1 heterocycles. The minimum Gasteiger partial charge on any atom is -0.481 e. The zero-order valence-electron chi connectivity index (χ0n) is 11.1. The van der Waals surface area contributed by atoms with Gasteiger partial charge in [0, 0.05) is 18.8 Å². The summed E-state index contributed by atoms with van der Waals surface area (Å²) in [5, 5.41) is 9.20. The van der Waals surface area contributed by atoms with Gasteiger partial charge in [0.1, 0.15) is 0 Å². The van der Waals surface area contributed by atoms with Crippen LogP contribution in [0.25, 0.3) is 0 Å². The lowest BCUT2D eigenvalue weighted by Gasteiger charge is -2.29. The summed E-state index contributed by atoms with van der Waals surface area (Å²) in [5.41, 5.74) is 1.25. The second-order valence-corrected chi connectivity index (χ2v) is 5.52. The summed E-state index contributed by atoms with van der Waals surface area (Å²) in [5.74, 6) is -0.784. The molecule has 1 saturated heterocycles. The smallest absolute Gasteiger partial charge is 0.313 e. The molecular weight excluding hydrogens is 226 g/mol. The lowest BCUT2D eigenvalue weighted by molar-refractivity contribution is -0.142. The molecule has 0 bridgehead atoms. The van der Waals surface area contributed by atoms with Gasteiger partial charge in [0.2, 0.25) is 0 Å². The van der Waals surface area contributed by atoms with E-state index in [0.29, 0.717) is 0 Å². The molecule has 18 heavy (non-hydrogen) atoms. The molecule has 3 nitrogen and oxygen atoms in total. The normalized spacial score (nSPS) is 16.7. The number of piperidine rings is 1. The number of rotatable bonds is 3. The first kappa shape index (κ1) is 12.9. The fraction of sp³-hybridized carbons (Fsp3) is 0.533. The lowest BCUT2D eigenvalue weighted by Crippen LogP contribution is -2.30. The van der Waals surface area contributed by atoms with Gasteiger partial charge in [-0.05, 0) is 50.8 Å². The Bertz CT molecular complexity index is 417. The first-order valence-electron chi connectivity index (χ1n) is 6.61. The number of hydrogen-bond acceptors (Lipinski definition) is 2. The van der Waals surface area contributed by atoms with E-state index in [4.69, 9.17) is 0 Å². The van der Waals surface area contributed by atoms with Crippen molar-refractivity contribution in [2.45, 2.75) is 38.5 Å². The summed E-state index contributed by atoms with van der Waals surface area (Å²) in [6.45, 7) is 5.71. The third kappa shape index (κ3) is 2.50. The van der Waals surface area contributed by atoms with E-state index in [1.807, 2.05) is 24.3 Å². The summed E-state index contributed by atoms with van der Waals surface area (Å²) in [6, 6.07) is 7.98. The molecule has 0 radical (unpaired) electrons. The highest BCUT2D eigenvalue weighted by Gasteiger charge is 2.29. The van der Waals surface area contributed by atoms with Gasteiger partial charge in [-0.3, -0.25) is 4.79 Å². The van der Waals surface area contributed by atoms with Crippen molar-refractivity contribution in [1.29, 1.82) is 0 Å². The SMILES string of the molecule is CC(C)(C(=O)O)c1ccc(N2CCCCC2)cc1. The first-order chi connectivity index (χ1) is 8.51. The Kier molecular flexibility index (Phi) is 3.60. The summed E-state index contributed by atoms with van der Waals surface area (Å²) in [4.78, 5) is 13.6. The van der Waals surface area contributed by atoms with Crippen LogP contribution in [0.4, 0.5) is 5.69 Å². The van der Waals surface area contributed by atoms with Crippen molar-refractivity contribution < 1.29 is 9.90 Å². The number of nitrogens with zero attached hydrogens (tertiary/aromatic N) is 1. The Morgan fingerprint density at radius 3 is 2.17 bits per heavy atom. The fourth-order valence-corrected chi connectivity index (χ4v) is 2.36. The number of carboxylic acids is 1. The monoisotopic (exact) mass is 247 g/mol. The van der Waals surface area contributed by atoms with E-state index in [2.05, 4.69) is 4.90 Å². The van der Waals surface area contributed by atoms with Gasteiger partial charge in [-0.2, -0.15) is 0 Å². The number of aliphatic carboxylic acids is 1. The molecule has 0 unspecified atom stereocenters. The van der Waals surface area contributed by atoms with Crippen molar-refractivity contribution >= 4 is 11.7 Å². The fourth-order valence-electron chi connectivity index (χ4n) is 2.36. The van der Waals surface area contributed by atoms with E-state index in [1.54, 1.807) is 13.8 Å². The molecule has 0 atom stereocenters. The molecule has 0 saturated carbocycles. The van der Waals surface area contributed by atoms with Gasteiger partial charge in [0.15, 0.2) is 0 Å². The van der Waals surface area contributed by atoms with Gasteiger partial charge in [-0.1, -0.05) is 12.1 Å². The van der Waals surface area contributed by atoms with E-state index in [0.717, 1.165) is 18.7 Å². The van der Waals surface area contributed by atoms with E-state index in [-0.39, 0.29) is 0 Å². The molecule has 98 valence electrons. The van der Waals surface area contributed by atoms with Crippen LogP contribution in [0.15, 0.2) is 24.3 Å². The number of carbonyl (C=O) groups is 1.